The van der Waals surface area contributed by atoms with Crippen LogP contribution in [0.4, 0.5) is 0 Å². The SMILES string of the molecule is CC(C)(C)n1c(O)cc(CCC[Si](C)(O)O)c1O. The van der Waals surface area contributed by atoms with Gasteiger partial charge in [0.25, 0.3) is 0 Å². The van der Waals surface area contributed by atoms with Crippen molar-refractivity contribution in [2.75, 3.05) is 0 Å². The van der Waals surface area contributed by atoms with Crippen LogP contribution in [-0.4, -0.2) is 32.9 Å². The fourth-order valence-electron chi connectivity index (χ4n) is 2.00. The van der Waals surface area contributed by atoms with Gasteiger partial charge in [-0.1, -0.05) is 0 Å². The molecule has 4 N–H and O–H groups in total. The van der Waals surface area contributed by atoms with Crippen LogP contribution in [-0.2, 0) is 12.0 Å². The molecule has 1 aromatic heterocycles. The van der Waals surface area contributed by atoms with Crippen molar-refractivity contribution in [3.8, 4) is 11.8 Å². The van der Waals surface area contributed by atoms with Crippen molar-refractivity contribution in [3.63, 3.8) is 0 Å². The van der Waals surface area contributed by atoms with Crippen LogP contribution in [0.2, 0.25) is 12.6 Å². The van der Waals surface area contributed by atoms with Gasteiger partial charge in [0.05, 0.1) is 0 Å². The van der Waals surface area contributed by atoms with E-state index in [0.29, 0.717) is 24.4 Å². The monoisotopic (exact) mass is 273 g/mol. The van der Waals surface area contributed by atoms with Gasteiger partial charge in [0.2, 0.25) is 0 Å². The molecule has 0 amide bonds. The molecule has 1 aromatic rings. The zero-order chi connectivity index (χ0) is 14.1. The van der Waals surface area contributed by atoms with Crippen LogP contribution in [0.3, 0.4) is 0 Å². The van der Waals surface area contributed by atoms with Crippen LogP contribution in [0.15, 0.2) is 6.07 Å². The largest absolute Gasteiger partial charge is 0.494 e. The lowest BCUT2D eigenvalue weighted by atomic mass is 10.1. The molecule has 0 atom stereocenters. The second-order valence-corrected chi connectivity index (χ2v) is 8.86. The number of nitrogens with zero attached hydrogens (tertiary/aromatic N) is 1. The quantitative estimate of drug-likeness (QED) is 0.628. The minimum absolute atomic E-state index is 0.0306. The van der Waals surface area contributed by atoms with Crippen LogP contribution in [0.5, 0.6) is 11.8 Å². The highest BCUT2D eigenvalue weighted by Crippen LogP contribution is 2.35. The summed E-state index contributed by atoms with van der Waals surface area (Å²) >= 11 is 0. The molecule has 0 aliphatic rings. The maximum atomic E-state index is 10.1. The van der Waals surface area contributed by atoms with E-state index >= 15 is 0 Å². The van der Waals surface area contributed by atoms with Crippen molar-refractivity contribution in [1.29, 1.82) is 0 Å². The van der Waals surface area contributed by atoms with Crippen molar-refractivity contribution in [3.05, 3.63) is 11.6 Å². The van der Waals surface area contributed by atoms with Crippen molar-refractivity contribution in [2.24, 2.45) is 0 Å². The van der Waals surface area contributed by atoms with Gasteiger partial charge < -0.3 is 19.8 Å². The molecule has 0 aliphatic carbocycles. The van der Waals surface area contributed by atoms with Gasteiger partial charge in [-0.2, -0.15) is 0 Å². The molecule has 18 heavy (non-hydrogen) atoms. The van der Waals surface area contributed by atoms with Crippen LogP contribution in [0.25, 0.3) is 0 Å². The summed E-state index contributed by atoms with van der Waals surface area (Å²) in [6.07, 6.45) is 1.10. The van der Waals surface area contributed by atoms with Crippen molar-refractivity contribution in [1.82, 2.24) is 4.57 Å². The Morgan fingerprint density at radius 2 is 1.78 bits per heavy atom. The first kappa shape index (κ1) is 15.1. The third kappa shape index (κ3) is 3.76. The van der Waals surface area contributed by atoms with E-state index < -0.39 is 14.1 Å². The van der Waals surface area contributed by atoms with Crippen molar-refractivity contribution < 1.29 is 19.8 Å². The van der Waals surface area contributed by atoms with Gasteiger partial charge in [0.1, 0.15) is 0 Å². The number of hydrogen-bond donors (Lipinski definition) is 4. The van der Waals surface area contributed by atoms with Crippen molar-refractivity contribution in [2.45, 2.75) is 51.7 Å². The van der Waals surface area contributed by atoms with Gasteiger partial charge >= 0.3 is 8.56 Å². The van der Waals surface area contributed by atoms with E-state index in [9.17, 15) is 19.8 Å². The molecule has 6 heteroatoms. The summed E-state index contributed by atoms with van der Waals surface area (Å²) in [6.45, 7) is 7.13. The third-order valence-corrected chi connectivity index (χ3v) is 4.10. The lowest BCUT2D eigenvalue weighted by Gasteiger charge is -2.23. The molecule has 1 rings (SSSR count). The molecule has 5 nitrogen and oxygen atoms in total. The third-order valence-electron chi connectivity index (χ3n) is 2.80. The molecule has 0 fully saturated rings. The molecule has 0 saturated carbocycles. The van der Waals surface area contributed by atoms with E-state index in [0.717, 1.165) is 0 Å². The van der Waals surface area contributed by atoms with Gasteiger partial charge in [-0.25, -0.2) is 0 Å². The van der Waals surface area contributed by atoms with Crippen LogP contribution in [0.1, 0.15) is 32.8 Å². The van der Waals surface area contributed by atoms with Gasteiger partial charge in [0, 0.05) is 17.2 Å². The van der Waals surface area contributed by atoms with Gasteiger partial charge in [-0.3, -0.25) is 4.57 Å². The average Bonchev–Trinajstić information content (AvgIpc) is 2.38. The first-order valence-electron chi connectivity index (χ1n) is 6.10. The van der Waals surface area contributed by atoms with E-state index in [-0.39, 0.29) is 11.8 Å². The Bertz CT molecular complexity index is 415. The minimum atomic E-state index is -3.02. The topological polar surface area (TPSA) is 85.9 Å². The predicted molar refractivity (Wildman–Crippen MR) is 71.9 cm³/mol. The summed E-state index contributed by atoms with van der Waals surface area (Å²) in [5.74, 6) is 0.0854. The fraction of sp³-hybridized carbons (Fsp3) is 0.667. The Kier molecular flexibility index (Phi) is 4.14. The first-order chi connectivity index (χ1) is 8.02. The van der Waals surface area contributed by atoms with E-state index in [1.807, 2.05) is 20.8 Å². The zero-order valence-electron chi connectivity index (χ0n) is 11.4. The maximum Gasteiger partial charge on any atom is 0.329 e. The van der Waals surface area contributed by atoms with E-state index in [1.54, 1.807) is 0 Å². The Balaban J connectivity index is 2.81. The summed E-state index contributed by atoms with van der Waals surface area (Å²) in [6, 6.07) is 1.89. The van der Waals surface area contributed by atoms with Crippen LogP contribution < -0.4 is 0 Å². The standard InChI is InChI=1S/C12H23NO4Si/c1-12(2,3)13-10(14)8-9(11(13)15)6-5-7-18(4,16)17/h8,14-17H,5-7H2,1-4H3. The molecule has 0 radical (unpaired) electrons. The molecule has 0 aromatic carbocycles. The molecule has 0 unspecified atom stereocenters. The zero-order valence-corrected chi connectivity index (χ0v) is 12.4. The molecule has 0 saturated heterocycles. The Morgan fingerprint density at radius 3 is 2.17 bits per heavy atom. The normalized spacial score (nSPS) is 13.0. The summed E-state index contributed by atoms with van der Waals surface area (Å²) in [5.41, 5.74) is 0.240. The molecule has 104 valence electrons. The number of aromatic nitrogens is 1. The molecule has 0 spiro atoms. The van der Waals surface area contributed by atoms with Gasteiger partial charge in [0.15, 0.2) is 11.8 Å². The second kappa shape index (κ2) is 4.95. The highest BCUT2D eigenvalue weighted by atomic mass is 28.4. The van der Waals surface area contributed by atoms with E-state index in [2.05, 4.69) is 0 Å². The lowest BCUT2D eigenvalue weighted by molar-refractivity contribution is 0.283. The summed E-state index contributed by atoms with van der Waals surface area (Å²) in [5, 5.41) is 19.9. The fourth-order valence-corrected chi connectivity index (χ4v) is 2.84. The summed E-state index contributed by atoms with van der Waals surface area (Å²) in [4.78, 5) is 18.7. The molecular formula is C12H23NO4Si. The Labute approximate surface area is 109 Å². The number of aryl methyl sites for hydroxylation is 1. The van der Waals surface area contributed by atoms with Crippen LogP contribution >= 0.6 is 0 Å². The predicted octanol–water partition coefficient (Wildman–Crippen LogP) is 1.64. The van der Waals surface area contributed by atoms with Gasteiger partial charge in [-0.05, 0) is 46.2 Å². The highest BCUT2D eigenvalue weighted by Gasteiger charge is 2.25. The summed E-state index contributed by atoms with van der Waals surface area (Å²) < 4.78 is 1.47. The first-order valence-corrected chi connectivity index (χ1v) is 8.70. The van der Waals surface area contributed by atoms with Gasteiger partial charge in [-0.15, -0.1) is 0 Å². The molecule has 1 heterocycles. The summed E-state index contributed by atoms with van der Waals surface area (Å²) in [7, 11) is -3.02. The lowest BCUT2D eigenvalue weighted by Crippen LogP contribution is -2.29. The highest BCUT2D eigenvalue weighted by molar-refractivity contribution is 6.63. The smallest absolute Gasteiger partial charge is 0.329 e. The number of hydrogen-bond acceptors (Lipinski definition) is 4. The molecule has 0 aliphatic heterocycles. The van der Waals surface area contributed by atoms with Crippen LogP contribution in [0, 0.1) is 0 Å². The van der Waals surface area contributed by atoms with E-state index in [4.69, 9.17) is 0 Å². The second-order valence-electron chi connectivity index (χ2n) is 5.93. The van der Waals surface area contributed by atoms with Crippen molar-refractivity contribution >= 4 is 8.56 Å². The Hall–Kier alpha value is -0.983. The van der Waals surface area contributed by atoms with E-state index in [1.165, 1.54) is 17.2 Å². The number of aromatic hydroxyl groups is 2. The minimum Gasteiger partial charge on any atom is -0.494 e. The maximum absolute atomic E-state index is 10.1. The molecule has 0 bridgehead atoms. The Morgan fingerprint density at radius 1 is 1.22 bits per heavy atom. The molecular weight excluding hydrogens is 250 g/mol. The number of rotatable bonds is 4. The average molecular weight is 273 g/mol.